The zero-order chi connectivity index (χ0) is 15.2. The van der Waals surface area contributed by atoms with Crippen molar-refractivity contribution >= 4 is 11.6 Å². The van der Waals surface area contributed by atoms with E-state index in [0.717, 1.165) is 16.8 Å². The average molecular weight is 295 g/mol. The van der Waals surface area contributed by atoms with Crippen molar-refractivity contribution in [2.75, 3.05) is 18.5 Å². The molecule has 112 valence electrons. The third kappa shape index (κ3) is 1.81. The van der Waals surface area contributed by atoms with Crippen LogP contribution in [-0.4, -0.2) is 19.1 Å². The number of carbonyl (C=O) groups excluding carboxylic acids is 1. The molecular weight excluding hydrogens is 278 g/mol. The van der Waals surface area contributed by atoms with Crippen LogP contribution < -0.4 is 5.32 Å². The van der Waals surface area contributed by atoms with Crippen LogP contribution in [0.4, 0.5) is 5.69 Å². The summed E-state index contributed by atoms with van der Waals surface area (Å²) in [6.07, 6.45) is 0. The monoisotopic (exact) mass is 295 g/mol. The van der Waals surface area contributed by atoms with Crippen molar-refractivity contribution < 1.29 is 14.3 Å². The molecule has 2 heterocycles. The summed E-state index contributed by atoms with van der Waals surface area (Å²) in [5.41, 5.74) is 2.41. The first kappa shape index (κ1) is 13.5. The van der Waals surface area contributed by atoms with E-state index in [1.807, 2.05) is 42.5 Å². The lowest BCUT2D eigenvalue weighted by Gasteiger charge is -2.42. The zero-order valence-corrected chi connectivity index (χ0v) is 12.3. The van der Waals surface area contributed by atoms with Gasteiger partial charge in [0.2, 0.25) is 0 Å². The lowest BCUT2D eigenvalue weighted by Crippen LogP contribution is -2.52. The van der Waals surface area contributed by atoms with Gasteiger partial charge in [0.05, 0.1) is 18.9 Å². The Morgan fingerprint density at radius 2 is 1.59 bits per heavy atom. The van der Waals surface area contributed by atoms with Crippen molar-refractivity contribution in [1.29, 1.82) is 0 Å². The van der Waals surface area contributed by atoms with Gasteiger partial charge in [-0.05, 0) is 11.6 Å². The van der Waals surface area contributed by atoms with Crippen molar-refractivity contribution in [3.63, 3.8) is 0 Å². The SMILES string of the molecule is CC1(c2ccccc2)COC2(OC1)C(=O)Nc1ccccc12. The fraction of sp³-hybridized carbons (Fsp3) is 0.278. The van der Waals surface area contributed by atoms with Crippen molar-refractivity contribution in [3.8, 4) is 0 Å². The van der Waals surface area contributed by atoms with Crippen molar-refractivity contribution in [2.45, 2.75) is 18.1 Å². The molecule has 0 saturated carbocycles. The first-order valence-electron chi connectivity index (χ1n) is 7.38. The van der Waals surface area contributed by atoms with E-state index in [1.54, 1.807) is 0 Å². The number of hydrogen-bond donors (Lipinski definition) is 1. The van der Waals surface area contributed by atoms with E-state index in [2.05, 4.69) is 24.4 Å². The fourth-order valence-corrected chi connectivity index (χ4v) is 3.10. The topological polar surface area (TPSA) is 47.6 Å². The summed E-state index contributed by atoms with van der Waals surface area (Å²) in [5.74, 6) is -1.55. The predicted octanol–water partition coefficient (Wildman–Crippen LogP) is 2.80. The second kappa shape index (κ2) is 4.66. The number of hydrogen-bond acceptors (Lipinski definition) is 3. The van der Waals surface area contributed by atoms with Crippen LogP contribution in [-0.2, 0) is 25.5 Å². The molecule has 2 aliphatic heterocycles. The quantitative estimate of drug-likeness (QED) is 0.880. The highest BCUT2D eigenvalue weighted by atomic mass is 16.7. The number of amides is 1. The minimum absolute atomic E-state index is 0.246. The summed E-state index contributed by atoms with van der Waals surface area (Å²) in [6, 6.07) is 17.6. The molecule has 4 heteroatoms. The molecule has 1 amide bonds. The van der Waals surface area contributed by atoms with E-state index in [1.165, 1.54) is 0 Å². The van der Waals surface area contributed by atoms with Crippen LogP contribution in [0.3, 0.4) is 0 Å². The minimum atomic E-state index is -1.30. The molecule has 2 aromatic carbocycles. The summed E-state index contributed by atoms with van der Waals surface area (Å²) >= 11 is 0. The largest absolute Gasteiger partial charge is 0.337 e. The summed E-state index contributed by atoms with van der Waals surface area (Å²) < 4.78 is 12.0. The smallest absolute Gasteiger partial charge is 0.289 e. The average Bonchev–Trinajstić information content (AvgIpc) is 2.84. The Bertz CT molecular complexity index is 718. The highest BCUT2D eigenvalue weighted by Crippen LogP contribution is 2.45. The van der Waals surface area contributed by atoms with Gasteiger partial charge in [-0.2, -0.15) is 0 Å². The normalized spacial score (nSPS) is 30.1. The van der Waals surface area contributed by atoms with E-state index in [-0.39, 0.29) is 11.3 Å². The molecule has 2 aliphatic rings. The molecule has 22 heavy (non-hydrogen) atoms. The lowest BCUT2D eigenvalue weighted by atomic mass is 9.83. The van der Waals surface area contributed by atoms with Crippen LogP contribution in [0, 0.1) is 0 Å². The Morgan fingerprint density at radius 3 is 2.32 bits per heavy atom. The van der Waals surface area contributed by atoms with Gasteiger partial charge in [-0.15, -0.1) is 0 Å². The van der Waals surface area contributed by atoms with Gasteiger partial charge < -0.3 is 14.8 Å². The third-order valence-corrected chi connectivity index (χ3v) is 4.49. The summed E-state index contributed by atoms with van der Waals surface area (Å²) in [5, 5.41) is 2.84. The van der Waals surface area contributed by atoms with Crippen LogP contribution in [0.1, 0.15) is 18.1 Å². The molecule has 1 saturated heterocycles. The second-order valence-corrected chi connectivity index (χ2v) is 6.12. The van der Waals surface area contributed by atoms with Gasteiger partial charge in [-0.3, -0.25) is 4.79 Å². The third-order valence-electron chi connectivity index (χ3n) is 4.49. The highest BCUT2D eigenvalue weighted by molar-refractivity contribution is 6.04. The molecule has 1 spiro atoms. The number of nitrogens with one attached hydrogen (secondary N) is 1. The maximum Gasteiger partial charge on any atom is 0.289 e. The van der Waals surface area contributed by atoms with Crippen LogP contribution in [0.5, 0.6) is 0 Å². The van der Waals surface area contributed by atoms with Crippen molar-refractivity contribution in [1.82, 2.24) is 0 Å². The van der Waals surface area contributed by atoms with Crippen LogP contribution in [0.25, 0.3) is 0 Å². The maximum atomic E-state index is 12.4. The molecular formula is C18H17NO3. The Kier molecular flexibility index (Phi) is 2.86. The number of fused-ring (bicyclic) bond motifs is 2. The molecule has 0 bridgehead atoms. The van der Waals surface area contributed by atoms with Crippen LogP contribution in [0.15, 0.2) is 54.6 Å². The Labute approximate surface area is 129 Å². The van der Waals surface area contributed by atoms with E-state index < -0.39 is 5.79 Å². The number of ether oxygens (including phenoxy) is 2. The van der Waals surface area contributed by atoms with Gasteiger partial charge in [-0.25, -0.2) is 0 Å². The molecule has 0 atom stereocenters. The Morgan fingerprint density at radius 1 is 0.955 bits per heavy atom. The first-order chi connectivity index (χ1) is 10.6. The molecule has 1 fully saturated rings. The Hall–Kier alpha value is -2.17. The summed E-state index contributed by atoms with van der Waals surface area (Å²) in [7, 11) is 0. The van der Waals surface area contributed by atoms with Gasteiger partial charge in [-0.1, -0.05) is 55.5 Å². The molecule has 1 N–H and O–H groups in total. The first-order valence-corrected chi connectivity index (χ1v) is 7.38. The summed E-state index contributed by atoms with van der Waals surface area (Å²) in [6.45, 7) is 2.95. The van der Waals surface area contributed by atoms with E-state index in [9.17, 15) is 4.79 Å². The molecule has 4 rings (SSSR count). The zero-order valence-electron chi connectivity index (χ0n) is 12.3. The van der Waals surface area contributed by atoms with Gasteiger partial charge in [0.1, 0.15) is 0 Å². The number of carbonyl (C=O) groups is 1. The van der Waals surface area contributed by atoms with Gasteiger partial charge >= 0.3 is 0 Å². The van der Waals surface area contributed by atoms with E-state index in [4.69, 9.17) is 9.47 Å². The number of benzene rings is 2. The number of para-hydroxylation sites is 1. The van der Waals surface area contributed by atoms with Crippen LogP contribution >= 0.6 is 0 Å². The molecule has 2 aromatic rings. The van der Waals surface area contributed by atoms with Crippen molar-refractivity contribution in [2.24, 2.45) is 0 Å². The number of anilines is 1. The molecule has 0 aromatic heterocycles. The van der Waals surface area contributed by atoms with Crippen LogP contribution in [0.2, 0.25) is 0 Å². The lowest BCUT2D eigenvalue weighted by molar-refractivity contribution is -0.274. The van der Waals surface area contributed by atoms with Gasteiger partial charge in [0, 0.05) is 11.0 Å². The molecule has 0 aliphatic carbocycles. The predicted molar refractivity (Wildman–Crippen MR) is 82.4 cm³/mol. The van der Waals surface area contributed by atoms with Gasteiger partial charge in [0.25, 0.3) is 11.7 Å². The number of rotatable bonds is 1. The molecule has 0 unspecified atom stereocenters. The van der Waals surface area contributed by atoms with E-state index in [0.29, 0.717) is 13.2 Å². The van der Waals surface area contributed by atoms with Gasteiger partial charge in [0.15, 0.2) is 0 Å². The second-order valence-electron chi connectivity index (χ2n) is 6.12. The van der Waals surface area contributed by atoms with E-state index >= 15 is 0 Å². The Balaban J connectivity index is 1.66. The molecule has 4 nitrogen and oxygen atoms in total. The van der Waals surface area contributed by atoms with Crippen molar-refractivity contribution in [3.05, 3.63) is 65.7 Å². The highest BCUT2D eigenvalue weighted by Gasteiger charge is 2.54. The standard InChI is InChI=1S/C18H17NO3/c1-17(13-7-3-2-4-8-13)11-21-18(22-12-17)14-9-5-6-10-15(14)19-16(18)20/h2-10H,11-12H2,1H3,(H,19,20). The fourth-order valence-electron chi connectivity index (χ4n) is 3.10. The molecule has 0 radical (unpaired) electrons. The minimum Gasteiger partial charge on any atom is -0.337 e. The maximum absolute atomic E-state index is 12.4. The summed E-state index contributed by atoms with van der Waals surface area (Å²) in [4.78, 5) is 12.4.